The number of carboxylic acid groups (broad SMARTS) is 2. The average Bonchev–Trinajstić information content (AvgIpc) is 3.08. The summed E-state index contributed by atoms with van der Waals surface area (Å²) in [5.41, 5.74) is -0.162. The number of halogens is 3. The van der Waals surface area contributed by atoms with Gasteiger partial charge in [0.15, 0.2) is 0 Å². The number of aromatic nitrogens is 1. The molecule has 3 N–H and O–H groups in total. The molecule has 2 rings (SSSR count). The zero-order valence-corrected chi connectivity index (χ0v) is 16.5. The molecule has 0 aliphatic rings. The van der Waals surface area contributed by atoms with Gasteiger partial charge in [0.1, 0.15) is 17.1 Å². The van der Waals surface area contributed by atoms with Crippen LogP contribution in [0.1, 0.15) is 31.5 Å². The molecule has 0 amide bonds. The number of benzene rings is 1. The monoisotopic (exact) mass is 430 g/mol. The molecule has 29 heavy (non-hydrogen) atoms. The Morgan fingerprint density at radius 2 is 1.83 bits per heavy atom. The summed E-state index contributed by atoms with van der Waals surface area (Å²) in [6.45, 7) is 3.66. The zero-order chi connectivity index (χ0) is 21.8. The third-order valence-corrected chi connectivity index (χ3v) is 5.05. The van der Waals surface area contributed by atoms with E-state index in [0.29, 0.717) is 10.7 Å². The number of rotatable bonds is 9. The first-order valence-electron chi connectivity index (χ1n) is 8.81. The van der Waals surface area contributed by atoms with E-state index < -0.39 is 35.8 Å². The van der Waals surface area contributed by atoms with Crippen molar-refractivity contribution < 1.29 is 33.0 Å². The Bertz CT molecular complexity index is 867. The second kappa shape index (κ2) is 9.36. The fourth-order valence-corrected chi connectivity index (χ4v) is 3.57. The van der Waals surface area contributed by atoms with Gasteiger partial charge in [-0.2, -0.15) is 13.2 Å². The van der Waals surface area contributed by atoms with Gasteiger partial charge in [-0.15, -0.1) is 11.3 Å². The summed E-state index contributed by atoms with van der Waals surface area (Å²) in [4.78, 5) is 27.2. The van der Waals surface area contributed by atoms with Crippen molar-refractivity contribution in [2.45, 2.75) is 44.9 Å². The molecule has 0 spiro atoms. The standard InChI is InChI=1S/C19H21F3N2O4S/c1-10(2)6-14(17(25)26)24-15(18(27)28)8-13-9-29-16(23-13)11-4-3-5-12(7-11)19(20,21)22/h3-5,7,9-10,14-15,24H,6,8H2,1-2H3,(H,25,26)(H,27,28)/t14-,15-/m0/s1. The summed E-state index contributed by atoms with van der Waals surface area (Å²) in [7, 11) is 0. The second-order valence-corrected chi connectivity index (χ2v) is 7.86. The highest BCUT2D eigenvalue weighted by Crippen LogP contribution is 2.33. The number of thiazole rings is 1. The Labute approximate surface area is 169 Å². The lowest BCUT2D eigenvalue weighted by atomic mass is 10.0. The van der Waals surface area contributed by atoms with Crippen molar-refractivity contribution in [2.75, 3.05) is 0 Å². The molecule has 6 nitrogen and oxygen atoms in total. The molecule has 2 aromatic rings. The van der Waals surface area contributed by atoms with Crippen LogP contribution >= 0.6 is 11.3 Å². The summed E-state index contributed by atoms with van der Waals surface area (Å²) in [5, 5.41) is 23.3. The van der Waals surface area contributed by atoms with E-state index in [4.69, 9.17) is 0 Å². The van der Waals surface area contributed by atoms with Crippen LogP contribution in [0.5, 0.6) is 0 Å². The molecule has 0 unspecified atom stereocenters. The van der Waals surface area contributed by atoms with Crippen molar-refractivity contribution in [1.82, 2.24) is 10.3 Å². The van der Waals surface area contributed by atoms with Crippen LogP contribution in [0.4, 0.5) is 13.2 Å². The van der Waals surface area contributed by atoms with Crippen molar-refractivity contribution in [2.24, 2.45) is 5.92 Å². The number of hydrogen-bond acceptors (Lipinski definition) is 5. The molecule has 0 radical (unpaired) electrons. The Kier molecular flexibility index (Phi) is 7.37. The third kappa shape index (κ3) is 6.53. The Morgan fingerprint density at radius 3 is 2.38 bits per heavy atom. The van der Waals surface area contributed by atoms with E-state index in [0.717, 1.165) is 23.5 Å². The molecule has 10 heteroatoms. The van der Waals surface area contributed by atoms with Crippen LogP contribution in [0.2, 0.25) is 0 Å². The van der Waals surface area contributed by atoms with Crippen LogP contribution in [-0.4, -0.2) is 39.2 Å². The number of nitrogens with one attached hydrogen (secondary N) is 1. The normalized spacial score (nSPS) is 14.0. The lowest BCUT2D eigenvalue weighted by Gasteiger charge is -2.21. The van der Waals surface area contributed by atoms with Gasteiger partial charge >= 0.3 is 18.1 Å². The van der Waals surface area contributed by atoms with E-state index in [-0.39, 0.29) is 24.3 Å². The average molecular weight is 430 g/mol. The first-order chi connectivity index (χ1) is 13.5. The van der Waals surface area contributed by atoms with Gasteiger partial charge in [-0.05, 0) is 24.5 Å². The van der Waals surface area contributed by atoms with Gasteiger partial charge in [0.05, 0.1) is 11.3 Å². The molecule has 2 atom stereocenters. The van der Waals surface area contributed by atoms with Crippen LogP contribution < -0.4 is 5.32 Å². The fourth-order valence-electron chi connectivity index (χ4n) is 2.74. The van der Waals surface area contributed by atoms with Crippen molar-refractivity contribution in [3.63, 3.8) is 0 Å². The predicted octanol–water partition coefficient (Wildman–Crippen LogP) is 3.91. The molecular weight excluding hydrogens is 409 g/mol. The van der Waals surface area contributed by atoms with Crippen LogP contribution in [-0.2, 0) is 22.2 Å². The van der Waals surface area contributed by atoms with E-state index in [1.165, 1.54) is 12.1 Å². The first kappa shape index (κ1) is 22.8. The lowest BCUT2D eigenvalue weighted by Crippen LogP contribution is -2.48. The van der Waals surface area contributed by atoms with Crippen molar-refractivity contribution in [3.8, 4) is 10.6 Å². The lowest BCUT2D eigenvalue weighted by molar-refractivity contribution is -0.143. The van der Waals surface area contributed by atoms with Gasteiger partial charge in [-0.3, -0.25) is 14.9 Å². The predicted molar refractivity (Wildman–Crippen MR) is 102 cm³/mol. The van der Waals surface area contributed by atoms with Crippen LogP contribution in [0.25, 0.3) is 10.6 Å². The topological polar surface area (TPSA) is 99.5 Å². The number of alkyl halides is 3. The summed E-state index contributed by atoms with van der Waals surface area (Å²) in [6, 6.07) is 2.50. The van der Waals surface area contributed by atoms with E-state index in [1.807, 2.05) is 13.8 Å². The maximum atomic E-state index is 12.9. The molecule has 0 aliphatic carbocycles. The van der Waals surface area contributed by atoms with Crippen LogP contribution in [0, 0.1) is 5.92 Å². The van der Waals surface area contributed by atoms with Gasteiger partial charge in [0.2, 0.25) is 0 Å². The van der Waals surface area contributed by atoms with Crippen LogP contribution in [0.3, 0.4) is 0 Å². The number of nitrogens with zero attached hydrogens (tertiary/aromatic N) is 1. The minimum atomic E-state index is -4.48. The Hall–Kier alpha value is -2.46. The molecule has 0 saturated heterocycles. The molecule has 0 bridgehead atoms. The highest BCUT2D eigenvalue weighted by atomic mass is 32.1. The second-order valence-electron chi connectivity index (χ2n) is 7.00. The minimum Gasteiger partial charge on any atom is -0.480 e. The SMILES string of the molecule is CC(C)C[C@H](N[C@@H](Cc1csc(-c2cccc(C(F)(F)F)c2)n1)C(=O)O)C(=O)O. The summed E-state index contributed by atoms with van der Waals surface area (Å²) in [6.07, 6.45) is -4.31. The smallest absolute Gasteiger partial charge is 0.416 e. The van der Waals surface area contributed by atoms with Gasteiger partial charge < -0.3 is 10.2 Å². The fraction of sp³-hybridized carbons (Fsp3) is 0.421. The van der Waals surface area contributed by atoms with Crippen molar-refractivity contribution in [3.05, 3.63) is 40.9 Å². The number of hydrogen-bond donors (Lipinski definition) is 3. The van der Waals surface area contributed by atoms with Gasteiger partial charge in [-0.25, -0.2) is 4.98 Å². The molecule has 1 aromatic heterocycles. The van der Waals surface area contributed by atoms with E-state index >= 15 is 0 Å². The van der Waals surface area contributed by atoms with Crippen molar-refractivity contribution in [1.29, 1.82) is 0 Å². The summed E-state index contributed by atoms with van der Waals surface area (Å²) in [5.74, 6) is -2.33. The quantitative estimate of drug-likeness (QED) is 0.558. The molecule has 1 aromatic carbocycles. The molecule has 0 fully saturated rings. The van der Waals surface area contributed by atoms with Gasteiger partial charge in [-0.1, -0.05) is 26.0 Å². The highest BCUT2D eigenvalue weighted by molar-refractivity contribution is 7.13. The highest BCUT2D eigenvalue weighted by Gasteiger charge is 2.31. The zero-order valence-electron chi connectivity index (χ0n) is 15.7. The number of aliphatic carboxylic acids is 2. The molecule has 158 valence electrons. The minimum absolute atomic E-state index is 0.0461. The maximum absolute atomic E-state index is 12.9. The largest absolute Gasteiger partial charge is 0.480 e. The molecular formula is C19H21F3N2O4S. The van der Waals surface area contributed by atoms with E-state index in [2.05, 4.69) is 10.3 Å². The van der Waals surface area contributed by atoms with Gasteiger partial charge in [0.25, 0.3) is 0 Å². The van der Waals surface area contributed by atoms with Crippen molar-refractivity contribution >= 4 is 23.3 Å². The first-order valence-corrected chi connectivity index (χ1v) is 9.69. The number of carboxylic acids is 2. The Morgan fingerprint density at radius 1 is 1.17 bits per heavy atom. The summed E-state index contributed by atoms with van der Waals surface area (Å²) >= 11 is 1.10. The molecule has 0 aliphatic heterocycles. The third-order valence-electron chi connectivity index (χ3n) is 4.11. The number of carbonyl (C=O) groups is 2. The maximum Gasteiger partial charge on any atom is 0.416 e. The van der Waals surface area contributed by atoms with E-state index in [1.54, 1.807) is 5.38 Å². The van der Waals surface area contributed by atoms with Gasteiger partial charge in [0, 0.05) is 17.4 Å². The molecule has 0 saturated carbocycles. The molecule has 1 heterocycles. The van der Waals surface area contributed by atoms with E-state index in [9.17, 15) is 33.0 Å². The summed E-state index contributed by atoms with van der Waals surface area (Å²) < 4.78 is 38.7. The Balaban J connectivity index is 2.18. The van der Waals surface area contributed by atoms with Crippen LogP contribution in [0.15, 0.2) is 29.6 Å².